The van der Waals surface area contributed by atoms with Gasteiger partial charge in [0.1, 0.15) is 6.23 Å². The van der Waals surface area contributed by atoms with Crippen molar-refractivity contribution >= 4 is 15.9 Å². The van der Waals surface area contributed by atoms with Gasteiger partial charge < -0.3 is 15.6 Å². The molecule has 2 rings (SSSR count). The minimum atomic E-state index is -0.706. The van der Waals surface area contributed by atoms with Crippen LogP contribution in [0.2, 0.25) is 0 Å². The number of aromatic amines is 1. The van der Waals surface area contributed by atoms with Gasteiger partial charge in [-0.2, -0.15) is 0 Å². The second kappa shape index (κ2) is 4.73. The summed E-state index contributed by atoms with van der Waals surface area (Å²) in [6.45, 7) is 0.178. The van der Waals surface area contributed by atoms with Crippen LogP contribution in [0.1, 0.15) is 12.6 Å². The summed E-state index contributed by atoms with van der Waals surface area (Å²) in [6.07, 6.45) is -0.197. The van der Waals surface area contributed by atoms with Gasteiger partial charge in [0.2, 0.25) is 0 Å². The van der Waals surface area contributed by atoms with Crippen LogP contribution in [0.15, 0.2) is 20.3 Å². The Kier molecular flexibility index (Phi) is 3.48. The van der Waals surface area contributed by atoms with Gasteiger partial charge in [0.15, 0.2) is 0 Å². The van der Waals surface area contributed by atoms with E-state index in [2.05, 4.69) is 20.9 Å². The molecule has 0 radical (unpaired) electrons. The molecule has 2 heterocycles. The molecular weight excluding hydrogens is 294 g/mol. The fourth-order valence-corrected chi connectivity index (χ4v) is 2.09. The number of aliphatic hydroxyl groups excluding tert-OH is 1. The maximum atomic E-state index is 11.6. The van der Waals surface area contributed by atoms with Crippen LogP contribution >= 0.6 is 15.9 Å². The number of hydrogen-bond donors (Lipinski definition) is 3. The van der Waals surface area contributed by atoms with Gasteiger partial charge in [0.05, 0.1) is 16.7 Å². The van der Waals surface area contributed by atoms with Crippen LogP contribution in [0.3, 0.4) is 0 Å². The summed E-state index contributed by atoms with van der Waals surface area (Å²) < 4.78 is 6.88. The van der Waals surface area contributed by atoms with Crippen LogP contribution in [0, 0.1) is 0 Å². The Morgan fingerprint density at radius 2 is 2.35 bits per heavy atom. The van der Waals surface area contributed by atoms with Gasteiger partial charge in [0, 0.05) is 19.2 Å². The van der Waals surface area contributed by atoms with E-state index in [9.17, 15) is 14.7 Å². The minimum Gasteiger partial charge on any atom is -0.390 e. The summed E-state index contributed by atoms with van der Waals surface area (Å²) in [5, 5.41) is 9.63. The average Bonchev–Trinajstić information content (AvgIpc) is 2.65. The van der Waals surface area contributed by atoms with Crippen LogP contribution in [-0.2, 0) is 4.74 Å². The summed E-state index contributed by atoms with van der Waals surface area (Å²) in [6, 6.07) is 0. The SMILES string of the molecule is NC[C@@H]1O[C@H](n2cc(Br)c(=O)[nH]c2=O)CC1O. The zero-order chi connectivity index (χ0) is 12.6. The molecule has 1 saturated heterocycles. The van der Waals surface area contributed by atoms with Crippen molar-refractivity contribution < 1.29 is 9.84 Å². The smallest absolute Gasteiger partial charge is 0.330 e. The quantitative estimate of drug-likeness (QED) is 0.643. The lowest BCUT2D eigenvalue weighted by atomic mass is 10.2. The highest BCUT2D eigenvalue weighted by Gasteiger charge is 2.34. The molecule has 0 aromatic carbocycles. The zero-order valence-electron chi connectivity index (χ0n) is 8.80. The van der Waals surface area contributed by atoms with Crippen LogP contribution in [0.4, 0.5) is 0 Å². The van der Waals surface area contributed by atoms with Gasteiger partial charge in [0.25, 0.3) is 5.56 Å². The summed E-state index contributed by atoms with van der Waals surface area (Å²) in [7, 11) is 0. The lowest BCUT2D eigenvalue weighted by Crippen LogP contribution is -2.33. The summed E-state index contributed by atoms with van der Waals surface area (Å²) >= 11 is 3.03. The van der Waals surface area contributed by atoms with Crippen LogP contribution in [-0.4, -0.2) is 33.4 Å². The first-order chi connectivity index (χ1) is 8.02. The fraction of sp³-hybridized carbons (Fsp3) is 0.556. The minimum absolute atomic E-state index is 0.178. The molecule has 3 atom stereocenters. The van der Waals surface area contributed by atoms with Gasteiger partial charge in [-0.3, -0.25) is 14.3 Å². The van der Waals surface area contributed by atoms with E-state index in [0.29, 0.717) is 0 Å². The van der Waals surface area contributed by atoms with E-state index >= 15 is 0 Å². The average molecular weight is 306 g/mol. The molecule has 1 fully saturated rings. The molecule has 0 bridgehead atoms. The highest BCUT2D eigenvalue weighted by atomic mass is 79.9. The molecule has 0 saturated carbocycles. The van der Waals surface area contributed by atoms with Crippen molar-refractivity contribution in [2.75, 3.05) is 6.54 Å². The Bertz CT molecular complexity index is 526. The van der Waals surface area contributed by atoms with Crippen molar-refractivity contribution in [3.8, 4) is 0 Å². The Morgan fingerprint density at radius 1 is 1.65 bits per heavy atom. The topological polar surface area (TPSA) is 110 Å². The predicted molar refractivity (Wildman–Crippen MR) is 62.6 cm³/mol. The van der Waals surface area contributed by atoms with E-state index < -0.39 is 29.7 Å². The maximum absolute atomic E-state index is 11.6. The second-order valence-corrected chi connectivity index (χ2v) is 4.67. The first kappa shape index (κ1) is 12.5. The molecule has 4 N–H and O–H groups in total. The summed E-state index contributed by atoms with van der Waals surface area (Å²) in [4.78, 5) is 24.9. The maximum Gasteiger partial charge on any atom is 0.330 e. The molecule has 94 valence electrons. The number of rotatable bonds is 2. The molecule has 17 heavy (non-hydrogen) atoms. The van der Waals surface area contributed by atoms with Crippen molar-refractivity contribution in [1.29, 1.82) is 0 Å². The lowest BCUT2D eigenvalue weighted by Gasteiger charge is -2.14. The van der Waals surface area contributed by atoms with E-state index in [1.165, 1.54) is 10.8 Å². The van der Waals surface area contributed by atoms with Crippen molar-refractivity contribution in [2.45, 2.75) is 24.9 Å². The molecule has 1 unspecified atom stereocenters. The number of hydrogen-bond acceptors (Lipinski definition) is 5. The molecule has 0 aliphatic carbocycles. The first-order valence-corrected chi connectivity index (χ1v) is 5.86. The van der Waals surface area contributed by atoms with Crippen molar-refractivity contribution in [3.05, 3.63) is 31.5 Å². The van der Waals surface area contributed by atoms with Gasteiger partial charge in [-0.05, 0) is 15.9 Å². The number of nitrogens with zero attached hydrogens (tertiary/aromatic N) is 1. The Hall–Kier alpha value is -0.960. The van der Waals surface area contributed by atoms with Gasteiger partial charge in [-0.15, -0.1) is 0 Å². The standard InChI is InChI=1S/C9H12BrN3O4/c10-4-3-13(9(16)12-8(4)15)7-1-5(14)6(2-11)17-7/h3,5-7,14H,1-2,11H2,(H,12,15,16)/t5?,6-,7-/m0/s1. The highest BCUT2D eigenvalue weighted by Crippen LogP contribution is 2.27. The monoisotopic (exact) mass is 305 g/mol. The van der Waals surface area contributed by atoms with Gasteiger partial charge in [-0.1, -0.05) is 0 Å². The molecule has 8 heteroatoms. The number of nitrogens with one attached hydrogen (secondary N) is 1. The molecular formula is C9H12BrN3O4. The predicted octanol–water partition coefficient (Wildman–Crippen LogP) is -1.09. The Labute approximate surface area is 104 Å². The highest BCUT2D eigenvalue weighted by molar-refractivity contribution is 9.10. The third-order valence-electron chi connectivity index (χ3n) is 2.67. The van der Waals surface area contributed by atoms with Crippen LogP contribution in [0.5, 0.6) is 0 Å². The molecule has 1 aliphatic heterocycles. The number of aliphatic hydroxyl groups is 1. The zero-order valence-corrected chi connectivity index (χ0v) is 10.4. The normalized spacial score (nSPS) is 28.5. The number of H-pyrrole nitrogens is 1. The van der Waals surface area contributed by atoms with Crippen molar-refractivity contribution in [3.63, 3.8) is 0 Å². The molecule has 7 nitrogen and oxygen atoms in total. The third-order valence-corrected chi connectivity index (χ3v) is 3.24. The van der Waals surface area contributed by atoms with Crippen molar-refractivity contribution in [1.82, 2.24) is 9.55 Å². The van der Waals surface area contributed by atoms with Crippen molar-refractivity contribution in [2.24, 2.45) is 5.73 Å². The summed E-state index contributed by atoms with van der Waals surface area (Å²) in [5.74, 6) is 0. The van der Waals surface area contributed by atoms with Crippen LogP contribution in [0.25, 0.3) is 0 Å². The first-order valence-electron chi connectivity index (χ1n) is 5.07. The van der Waals surface area contributed by atoms with E-state index in [1.807, 2.05) is 0 Å². The van der Waals surface area contributed by atoms with E-state index in [-0.39, 0.29) is 17.4 Å². The number of ether oxygens (including phenoxy) is 1. The van der Waals surface area contributed by atoms with Crippen LogP contribution < -0.4 is 17.0 Å². The fourth-order valence-electron chi connectivity index (χ4n) is 1.77. The number of nitrogens with two attached hydrogens (primary N) is 1. The van der Waals surface area contributed by atoms with E-state index in [0.717, 1.165) is 0 Å². The van der Waals surface area contributed by atoms with Gasteiger partial charge in [-0.25, -0.2) is 4.79 Å². The number of halogens is 1. The van der Waals surface area contributed by atoms with E-state index in [1.54, 1.807) is 0 Å². The molecule has 0 amide bonds. The lowest BCUT2D eigenvalue weighted by molar-refractivity contribution is -0.0152. The Morgan fingerprint density at radius 3 is 2.94 bits per heavy atom. The molecule has 1 aromatic rings. The number of aromatic nitrogens is 2. The molecule has 1 aliphatic rings. The summed E-state index contributed by atoms with van der Waals surface area (Å²) in [5.41, 5.74) is 4.34. The molecule has 0 spiro atoms. The largest absolute Gasteiger partial charge is 0.390 e. The van der Waals surface area contributed by atoms with E-state index in [4.69, 9.17) is 10.5 Å². The second-order valence-electron chi connectivity index (χ2n) is 3.81. The van der Waals surface area contributed by atoms with Gasteiger partial charge >= 0.3 is 5.69 Å². The third kappa shape index (κ3) is 2.34. The Balaban J connectivity index is 2.34. The molecule has 1 aromatic heterocycles.